The molecule has 1 heterocycles. The van der Waals surface area contributed by atoms with Gasteiger partial charge in [0.15, 0.2) is 0 Å². The van der Waals surface area contributed by atoms with Crippen LogP contribution >= 0.6 is 0 Å². The Morgan fingerprint density at radius 3 is 2.90 bits per heavy atom. The Kier molecular flexibility index (Phi) is 5.54. The highest BCUT2D eigenvalue weighted by Gasteiger charge is 2.31. The second kappa shape index (κ2) is 7.18. The van der Waals surface area contributed by atoms with Gasteiger partial charge in [0.1, 0.15) is 0 Å². The van der Waals surface area contributed by atoms with Gasteiger partial charge in [-0.2, -0.15) is 0 Å². The van der Waals surface area contributed by atoms with E-state index in [1.165, 1.54) is 11.1 Å². The molecule has 0 amide bonds. The Morgan fingerprint density at radius 1 is 1.50 bits per heavy atom. The minimum Gasteiger partial charge on any atom is -0.380 e. The Hall–Kier alpha value is -0.940. The number of nitrogens with two attached hydrogens (primary N) is 1. The van der Waals surface area contributed by atoms with E-state index in [-0.39, 0.29) is 12.1 Å². The fraction of sp³-hybridized carbons (Fsp3) is 0.625. The molecular formula is C16H26N2O2. The standard InChI is InChI=1S/C16H26N2O2/c1-12-15(7-8-20-12)18(2)16(10-17)14-6-4-5-13(9-14)11-19-3/h4-6,9,12,15-16H,7-8,10-11,17H2,1-3H3. The number of ether oxygens (including phenoxy) is 2. The molecule has 4 nitrogen and oxygen atoms in total. The topological polar surface area (TPSA) is 47.7 Å². The first-order valence-corrected chi connectivity index (χ1v) is 7.28. The number of hydrogen-bond donors (Lipinski definition) is 1. The van der Waals surface area contributed by atoms with Crippen LogP contribution in [0.15, 0.2) is 24.3 Å². The largest absolute Gasteiger partial charge is 0.380 e. The molecule has 3 unspecified atom stereocenters. The predicted octanol–water partition coefficient (Wildman–Crippen LogP) is 1.94. The van der Waals surface area contributed by atoms with Crippen LogP contribution in [0.4, 0.5) is 0 Å². The second-order valence-corrected chi connectivity index (χ2v) is 5.53. The summed E-state index contributed by atoms with van der Waals surface area (Å²) in [7, 11) is 3.87. The quantitative estimate of drug-likeness (QED) is 0.864. The Balaban J connectivity index is 2.16. The Morgan fingerprint density at radius 2 is 2.30 bits per heavy atom. The van der Waals surface area contributed by atoms with Crippen LogP contribution in [0.1, 0.15) is 30.5 Å². The highest BCUT2D eigenvalue weighted by atomic mass is 16.5. The molecule has 1 aromatic carbocycles. The Labute approximate surface area is 121 Å². The van der Waals surface area contributed by atoms with Crippen molar-refractivity contribution >= 4 is 0 Å². The highest BCUT2D eigenvalue weighted by Crippen LogP contribution is 2.27. The summed E-state index contributed by atoms with van der Waals surface area (Å²) >= 11 is 0. The summed E-state index contributed by atoms with van der Waals surface area (Å²) in [5.74, 6) is 0. The zero-order valence-corrected chi connectivity index (χ0v) is 12.7. The number of hydrogen-bond acceptors (Lipinski definition) is 4. The van der Waals surface area contributed by atoms with E-state index < -0.39 is 0 Å². The molecule has 3 atom stereocenters. The van der Waals surface area contributed by atoms with Crippen LogP contribution in [0.3, 0.4) is 0 Å². The zero-order valence-electron chi connectivity index (χ0n) is 12.7. The van der Waals surface area contributed by atoms with E-state index in [4.69, 9.17) is 15.2 Å². The van der Waals surface area contributed by atoms with Gasteiger partial charge in [0.05, 0.1) is 12.7 Å². The van der Waals surface area contributed by atoms with Gasteiger partial charge in [-0.25, -0.2) is 0 Å². The van der Waals surface area contributed by atoms with Gasteiger partial charge in [0.2, 0.25) is 0 Å². The van der Waals surface area contributed by atoms with Crippen molar-refractivity contribution in [2.45, 2.75) is 38.1 Å². The summed E-state index contributed by atoms with van der Waals surface area (Å²) in [5.41, 5.74) is 8.47. The van der Waals surface area contributed by atoms with Gasteiger partial charge in [-0.15, -0.1) is 0 Å². The van der Waals surface area contributed by atoms with Gasteiger partial charge in [0, 0.05) is 32.3 Å². The molecule has 112 valence electrons. The third kappa shape index (κ3) is 3.38. The van der Waals surface area contributed by atoms with Gasteiger partial charge in [0.25, 0.3) is 0 Å². The fourth-order valence-corrected chi connectivity index (χ4v) is 3.08. The molecule has 1 aliphatic heterocycles. The number of nitrogens with zero attached hydrogens (tertiary/aromatic N) is 1. The average Bonchev–Trinajstić information content (AvgIpc) is 2.86. The maximum Gasteiger partial charge on any atom is 0.0713 e. The van der Waals surface area contributed by atoms with Crippen molar-refractivity contribution in [3.8, 4) is 0 Å². The monoisotopic (exact) mass is 278 g/mol. The van der Waals surface area contributed by atoms with Crippen molar-refractivity contribution in [3.05, 3.63) is 35.4 Å². The molecule has 20 heavy (non-hydrogen) atoms. The molecule has 0 saturated carbocycles. The van der Waals surface area contributed by atoms with Crippen molar-refractivity contribution in [2.24, 2.45) is 5.73 Å². The molecule has 4 heteroatoms. The maximum absolute atomic E-state index is 6.03. The first-order valence-electron chi connectivity index (χ1n) is 7.28. The van der Waals surface area contributed by atoms with Gasteiger partial charge in [-0.1, -0.05) is 24.3 Å². The van der Waals surface area contributed by atoms with Crippen LogP contribution in [0, 0.1) is 0 Å². The normalized spacial score (nSPS) is 24.2. The summed E-state index contributed by atoms with van der Waals surface area (Å²) in [6.45, 7) is 4.23. The van der Waals surface area contributed by atoms with Crippen LogP contribution in [0.5, 0.6) is 0 Å². The van der Waals surface area contributed by atoms with E-state index in [2.05, 4.69) is 43.1 Å². The van der Waals surface area contributed by atoms with E-state index in [0.717, 1.165) is 13.0 Å². The summed E-state index contributed by atoms with van der Waals surface area (Å²) in [6, 6.07) is 9.16. The molecular weight excluding hydrogens is 252 g/mol. The number of likely N-dealkylation sites (N-methyl/N-ethyl adjacent to an activating group) is 1. The summed E-state index contributed by atoms with van der Waals surface area (Å²) in [4.78, 5) is 2.36. The van der Waals surface area contributed by atoms with Gasteiger partial charge >= 0.3 is 0 Å². The molecule has 1 aromatic rings. The molecule has 0 aliphatic carbocycles. The van der Waals surface area contributed by atoms with E-state index >= 15 is 0 Å². The minimum atomic E-state index is 0.223. The Bertz CT molecular complexity index is 425. The summed E-state index contributed by atoms with van der Waals surface area (Å²) < 4.78 is 10.9. The number of methoxy groups -OCH3 is 1. The third-order valence-electron chi connectivity index (χ3n) is 4.22. The van der Waals surface area contributed by atoms with E-state index in [1.54, 1.807) is 7.11 Å². The smallest absolute Gasteiger partial charge is 0.0713 e. The second-order valence-electron chi connectivity index (χ2n) is 5.53. The number of benzene rings is 1. The lowest BCUT2D eigenvalue weighted by Crippen LogP contribution is -2.42. The van der Waals surface area contributed by atoms with Crippen molar-refractivity contribution in [1.29, 1.82) is 0 Å². The third-order valence-corrected chi connectivity index (χ3v) is 4.22. The molecule has 1 fully saturated rings. The van der Waals surface area contributed by atoms with Gasteiger partial charge in [-0.05, 0) is 31.5 Å². The first-order chi connectivity index (χ1) is 9.67. The molecule has 0 radical (unpaired) electrons. The molecule has 2 N–H and O–H groups in total. The molecule has 0 aromatic heterocycles. The van der Waals surface area contributed by atoms with Gasteiger partial charge < -0.3 is 15.2 Å². The molecule has 0 spiro atoms. The average molecular weight is 278 g/mol. The minimum absolute atomic E-state index is 0.223. The molecule has 0 bridgehead atoms. The van der Waals surface area contributed by atoms with Crippen molar-refractivity contribution in [2.75, 3.05) is 27.3 Å². The summed E-state index contributed by atoms with van der Waals surface area (Å²) in [6.07, 6.45) is 1.35. The lowest BCUT2D eigenvalue weighted by Gasteiger charge is -2.34. The maximum atomic E-state index is 6.03. The van der Waals surface area contributed by atoms with E-state index in [0.29, 0.717) is 19.2 Å². The van der Waals surface area contributed by atoms with E-state index in [1.807, 2.05) is 0 Å². The number of rotatable bonds is 6. The van der Waals surface area contributed by atoms with Crippen molar-refractivity contribution < 1.29 is 9.47 Å². The molecule has 1 aliphatic rings. The van der Waals surface area contributed by atoms with Gasteiger partial charge in [-0.3, -0.25) is 4.90 Å². The highest BCUT2D eigenvalue weighted by molar-refractivity contribution is 5.26. The van der Waals surface area contributed by atoms with Crippen LogP contribution in [0.2, 0.25) is 0 Å². The van der Waals surface area contributed by atoms with Crippen LogP contribution in [-0.2, 0) is 16.1 Å². The van der Waals surface area contributed by atoms with Crippen molar-refractivity contribution in [1.82, 2.24) is 4.90 Å². The SMILES string of the molecule is COCc1cccc(C(CN)N(C)C2CCOC2C)c1. The lowest BCUT2D eigenvalue weighted by atomic mass is 10.00. The molecule has 1 saturated heterocycles. The van der Waals surface area contributed by atoms with Crippen molar-refractivity contribution in [3.63, 3.8) is 0 Å². The van der Waals surface area contributed by atoms with E-state index in [9.17, 15) is 0 Å². The fourth-order valence-electron chi connectivity index (χ4n) is 3.08. The zero-order chi connectivity index (χ0) is 14.5. The van der Waals surface area contributed by atoms with Crippen LogP contribution in [0.25, 0.3) is 0 Å². The molecule has 2 rings (SSSR count). The lowest BCUT2D eigenvalue weighted by molar-refractivity contribution is 0.0685. The van der Waals surface area contributed by atoms with Crippen LogP contribution < -0.4 is 5.73 Å². The van der Waals surface area contributed by atoms with Crippen LogP contribution in [-0.4, -0.2) is 44.4 Å². The predicted molar refractivity (Wildman–Crippen MR) is 80.5 cm³/mol. The summed E-state index contributed by atoms with van der Waals surface area (Å²) in [5, 5.41) is 0. The first kappa shape index (κ1) is 15.4.